The average molecular weight is 221 g/mol. The van der Waals surface area contributed by atoms with Gasteiger partial charge < -0.3 is 11.5 Å². The third-order valence-corrected chi connectivity index (χ3v) is 3.17. The lowest BCUT2D eigenvalue weighted by Crippen LogP contribution is -2.30. The molecule has 88 valence electrons. The maximum absolute atomic E-state index is 5.76. The fourth-order valence-corrected chi connectivity index (χ4v) is 2.32. The van der Waals surface area contributed by atoms with E-state index in [1.54, 1.807) is 0 Å². The van der Waals surface area contributed by atoms with Gasteiger partial charge in [-0.25, -0.2) is 0 Å². The minimum atomic E-state index is 0.317. The Morgan fingerprint density at radius 3 is 2.75 bits per heavy atom. The summed E-state index contributed by atoms with van der Waals surface area (Å²) in [6.07, 6.45) is 2.32. The Morgan fingerprint density at radius 2 is 2.12 bits per heavy atom. The molecule has 0 saturated carbocycles. The first-order valence-electron chi connectivity index (χ1n) is 5.74. The van der Waals surface area contributed by atoms with Crippen LogP contribution in [0, 0.1) is 0 Å². The van der Waals surface area contributed by atoms with Gasteiger partial charge in [0.05, 0.1) is 17.4 Å². The third kappa shape index (κ3) is 1.95. The standard InChI is InChI=1S/C11H19N5/c1-7(2)16-5-3-4-10(16)9-6-8(12)11(13)15-14-9/h6-7,10H,3-5H2,1-2H3,(H2,12,14)(H2,13,15). The molecule has 1 aliphatic heterocycles. The van der Waals surface area contributed by atoms with Crippen LogP contribution in [0.4, 0.5) is 11.5 Å². The summed E-state index contributed by atoms with van der Waals surface area (Å²) in [6.45, 7) is 5.52. The van der Waals surface area contributed by atoms with Crippen molar-refractivity contribution in [1.29, 1.82) is 0 Å². The maximum Gasteiger partial charge on any atom is 0.169 e. The summed E-state index contributed by atoms with van der Waals surface area (Å²) in [7, 11) is 0. The largest absolute Gasteiger partial charge is 0.396 e. The Labute approximate surface area is 95.8 Å². The van der Waals surface area contributed by atoms with Crippen LogP contribution in [-0.4, -0.2) is 27.7 Å². The van der Waals surface area contributed by atoms with E-state index in [1.807, 2.05) is 6.07 Å². The highest BCUT2D eigenvalue weighted by molar-refractivity contribution is 5.57. The van der Waals surface area contributed by atoms with E-state index < -0.39 is 0 Å². The monoisotopic (exact) mass is 221 g/mol. The Balaban J connectivity index is 2.26. The normalized spacial score (nSPS) is 21.8. The molecule has 5 heteroatoms. The van der Waals surface area contributed by atoms with Crippen molar-refractivity contribution >= 4 is 11.5 Å². The van der Waals surface area contributed by atoms with Gasteiger partial charge in [0.25, 0.3) is 0 Å². The number of hydrogen-bond donors (Lipinski definition) is 2. The van der Waals surface area contributed by atoms with Crippen molar-refractivity contribution in [2.45, 2.75) is 38.8 Å². The van der Waals surface area contributed by atoms with Crippen molar-refractivity contribution < 1.29 is 0 Å². The van der Waals surface area contributed by atoms with Crippen LogP contribution in [0.25, 0.3) is 0 Å². The average Bonchev–Trinajstić information content (AvgIpc) is 2.71. The number of nitrogens with zero attached hydrogens (tertiary/aromatic N) is 3. The number of rotatable bonds is 2. The highest BCUT2D eigenvalue weighted by Gasteiger charge is 2.29. The lowest BCUT2D eigenvalue weighted by Gasteiger charge is -2.27. The lowest BCUT2D eigenvalue weighted by molar-refractivity contribution is 0.201. The van der Waals surface area contributed by atoms with Crippen LogP contribution in [0.2, 0.25) is 0 Å². The molecule has 1 atom stereocenters. The second-order valence-electron chi connectivity index (χ2n) is 4.60. The topological polar surface area (TPSA) is 81.1 Å². The van der Waals surface area contributed by atoms with E-state index >= 15 is 0 Å². The molecule has 0 bridgehead atoms. The van der Waals surface area contributed by atoms with Gasteiger partial charge in [0.2, 0.25) is 0 Å². The Morgan fingerprint density at radius 1 is 1.38 bits per heavy atom. The van der Waals surface area contributed by atoms with E-state index in [0.29, 0.717) is 23.6 Å². The summed E-state index contributed by atoms with van der Waals surface area (Å²) in [5.41, 5.74) is 12.8. The van der Waals surface area contributed by atoms with Crippen molar-refractivity contribution in [3.8, 4) is 0 Å². The smallest absolute Gasteiger partial charge is 0.169 e. The summed E-state index contributed by atoms with van der Waals surface area (Å²) in [4.78, 5) is 2.43. The van der Waals surface area contributed by atoms with Gasteiger partial charge in [-0.2, -0.15) is 5.10 Å². The summed E-state index contributed by atoms with van der Waals surface area (Å²) >= 11 is 0. The molecule has 1 aromatic heterocycles. The molecule has 1 saturated heterocycles. The zero-order valence-corrected chi connectivity index (χ0v) is 9.85. The predicted octanol–water partition coefficient (Wildman–Crippen LogP) is 1.19. The van der Waals surface area contributed by atoms with Crippen molar-refractivity contribution in [3.63, 3.8) is 0 Å². The van der Waals surface area contributed by atoms with Crippen LogP contribution in [0.3, 0.4) is 0 Å². The molecule has 5 nitrogen and oxygen atoms in total. The Hall–Kier alpha value is -1.36. The van der Waals surface area contributed by atoms with Gasteiger partial charge in [-0.1, -0.05) is 0 Å². The van der Waals surface area contributed by atoms with Gasteiger partial charge in [0.15, 0.2) is 5.82 Å². The molecule has 1 aliphatic rings. The molecule has 0 aliphatic carbocycles. The van der Waals surface area contributed by atoms with E-state index in [9.17, 15) is 0 Å². The van der Waals surface area contributed by atoms with E-state index in [-0.39, 0.29) is 0 Å². The van der Waals surface area contributed by atoms with Crippen LogP contribution < -0.4 is 11.5 Å². The van der Waals surface area contributed by atoms with Crippen LogP contribution >= 0.6 is 0 Å². The maximum atomic E-state index is 5.76. The van der Waals surface area contributed by atoms with E-state index in [2.05, 4.69) is 28.9 Å². The first-order valence-corrected chi connectivity index (χ1v) is 5.74. The van der Waals surface area contributed by atoms with Gasteiger partial charge in [-0.3, -0.25) is 4.90 Å². The Bertz CT molecular complexity index is 377. The fraction of sp³-hybridized carbons (Fsp3) is 0.636. The third-order valence-electron chi connectivity index (χ3n) is 3.17. The van der Waals surface area contributed by atoms with Crippen molar-refractivity contribution in [3.05, 3.63) is 11.8 Å². The van der Waals surface area contributed by atoms with Crippen LogP contribution in [0.5, 0.6) is 0 Å². The highest BCUT2D eigenvalue weighted by Crippen LogP contribution is 2.33. The van der Waals surface area contributed by atoms with Crippen molar-refractivity contribution in [2.75, 3.05) is 18.0 Å². The quantitative estimate of drug-likeness (QED) is 0.784. The molecule has 2 heterocycles. The minimum absolute atomic E-state index is 0.317. The first-order chi connectivity index (χ1) is 7.59. The molecule has 1 aromatic rings. The second kappa shape index (κ2) is 4.25. The van der Waals surface area contributed by atoms with Gasteiger partial charge >= 0.3 is 0 Å². The second-order valence-corrected chi connectivity index (χ2v) is 4.60. The number of nitrogen functional groups attached to an aromatic ring is 2. The van der Waals surface area contributed by atoms with Gasteiger partial charge in [0.1, 0.15) is 0 Å². The number of aromatic nitrogens is 2. The summed E-state index contributed by atoms with van der Waals surface area (Å²) < 4.78 is 0. The van der Waals surface area contributed by atoms with E-state index in [4.69, 9.17) is 11.5 Å². The SMILES string of the molecule is CC(C)N1CCCC1c1cc(N)c(N)nn1. The van der Waals surface area contributed by atoms with Gasteiger partial charge in [-0.05, 0) is 39.3 Å². The number of anilines is 2. The molecule has 0 aromatic carbocycles. The number of nitrogens with two attached hydrogens (primary N) is 2. The molecule has 0 spiro atoms. The summed E-state index contributed by atoms with van der Waals surface area (Å²) in [5.74, 6) is 0.317. The van der Waals surface area contributed by atoms with Crippen LogP contribution in [0.1, 0.15) is 38.4 Å². The molecule has 16 heavy (non-hydrogen) atoms. The van der Waals surface area contributed by atoms with Gasteiger partial charge in [-0.15, -0.1) is 5.10 Å². The van der Waals surface area contributed by atoms with Crippen LogP contribution in [0.15, 0.2) is 6.07 Å². The fourth-order valence-electron chi connectivity index (χ4n) is 2.32. The molecule has 0 amide bonds. The Kier molecular flexibility index (Phi) is 2.96. The molecular formula is C11H19N5. The van der Waals surface area contributed by atoms with E-state index in [0.717, 1.165) is 18.7 Å². The molecule has 2 rings (SSSR count). The highest BCUT2D eigenvalue weighted by atomic mass is 15.2. The molecule has 1 unspecified atom stereocenters. The van der Waals surface area contributed by atoms with Crippen molar-refractivity contribution in [1.82, 2.24) is 15.1 Å². The zero-order chi connectivity index (χ0) is 11.7. The number of hydrogen-bond acceptors (Lipinski definition) is 5. The number of likely N-dealkylation sites (tertiary alicyclic amines) is 1. The molecular weight excluding hydrogens is 202 g/mol. The molecule has 0 radical (unpaired) electrons. The van der Waals surface area contributed by atoms with Crippen LogP contribution in [-0.2, 0) is 0 Å². The van der Waals surface area contributed by atoms with Crippen molar-refractivity contribution in [2.24, 2.45) is 0 Å². The lowest BCUT2D eigenvalue weighted by atomic mass is 10.1. The summed E-state index contributed by atoms with van der Waals surface area (Å²) in [6, 6.07) is 2.72. The van der Waals surface area contributed by atoms with E-state index in [1.165, 1.54) is 6.42 Å². The van der Waals surface area contributed by atoms with Gasteiger partial charge in [0, 0.05) is 6.04 Å². The zero-order valence-electron chi connectivity index (χ0n) is 9.85. The molecule has 1 fully saturated rings. The predicted molar refractivity (Wildman–Crippen MR) is 64.7 cm³/mol. The first kappa shape index (κ1) is 11.1. The summed E-state index contributed by atoms with van der Waals surface area (Å²) in [5, 5.41) is 8.05. The minimum Gasteiger partial charge on any atom is -0.396 e. The molecule has 4 N–H and O–H groups in total.